The van der Waals surface area contributed by atoms with Crippen LogP contribution in [0.4, 0.5) is 0 Å². The van der Waals surface area contributed by atoms with Crippen LogP contribution < -0.4 is 0 Å². The molecule has 0 bridgehead atoms. The number of carboxylic acid groups (broad SMARTS) is 1. The molecular formula is C23H18BrNO4. The molecule has 6 heteroatoms. The van der Waals surface area contributed by atoms with Gasteiger partial charge in [-0.15, -0.1) is 0 Å². The van der Waals surface area contributed by atoms with Crippen molar-refractivity contribution in [2.24, 2.45) is 0 Å². The minimum atomic E-state index is -1.01. The van der Waals surface area contributed by atoms with E-state index >= 15 is 0 Å². The van der Waals surface area contributed by atoms with Gasteiger partial charge in [0.25, 0.3) is 5.91 Å². The Morgan fingerprint density at radius 3 is 2.31 bits per heavy atom. The summed E-state index contributed by atoms with van der Waals surface area (Å²) in [7, 11) is 0. The lowest BCUT2D eigenvalue weighted by atomic mass is 9.81. The van der Waals surface area contributed by atoms with Crippen molar-refractivity contribution >= 4 is 27.8 Å². The molecular weight excluding hydrogens is 434 g/mol. The number of hydroxylamine groups is 2. The number of nitrogens with zero attached hydrogens (tertiary/aromatic N) is 1. The molecule has 1 heterocycles. The van der Waals surface area contributed by atoms with Crippen molar-refractivity contribution < 1.29 is 19.5 Å². The summed E-state index contributed by atoms with van der Waals surface area (Å²) in [5, 5.41) is 11.3. The average molecular weight is 452 g/mol. The van der Waals surface area contributed by atoms with E-state index in [-0.39, 0.29) is 12.5 Å². The number of hydrogen-bond acceptors (Lipinski definition) is 3. The Bertz CT molecular complexity index is 1040. The average Bonchev–Trinajstić information content (AvgIpc) is 2.74. The first-order valence-corrected chi connectivity index (χ1v) is 9.93. The number of hydrogen-bond donors (Lipinski definition) is 1. The molecule has 0 fully saturated rings. The van der Waals surface area contributed by atoms with Gasteiger partial charge >= 0.3 is 5.97 Å². The normalized spacial score (nSPS) is 18.4. The molecule has 3 aromatic rings. The fourth-order valence-electron chi connectivity index (χ4n) is 3.63. The Morgan fingerprint density at radius 1 is 0.966 bits per heavy atom. The van der Waals surface area contributed by atoms with Crippen LogP contribution in [0, 0.1) is 0 Å². The van der Waals surface area contributed by atoms with Crippen LogP contribution in [-0.2, 0) is 16.2 Å². The highest BCUT2D eigenvalue weighted by molar-refractivity contribution is 9.10. The van der Waals surface area contributed by atoms with Crippen LogP contribution in [0.2, 0.25) is 0 Å². The van der Waals surface area contributed by atoms with Gasteiger partial charge in [-0.2, -0.15) is 0 Å². The standard InChI is InChI=1S/C23H18BrNO4/c24-17-12-10-16(11-13-17)21-20(23(27)28)18-8-4-5-9-19(18)22(26)25(21)29-14-15-6-2-1-3-7-15/h1-13,20-21H,14H2,(H,27,28)/t20-,21+/m0/s1. The second kappa shape index (κ2) is 8.19. The van der Waals surface area contributed by atoms with Crippen LogP contribution in [0.1, 0.15) is 39.0 Å². The first kappa shape index (κ1) is 19.4. The molecule has 0 aromatic heterocycles. The molecule has 0 aliphatic carbocycles. The highest BCUT2D eigenvalue weighted by Crippen LogP contribution is 2.43. The predicted octanol–water partition coefficient (Wildman–Crippen LogP) is 4.95. The molecule has 1 aliphatic rings. The Balaban J connectivity index is 1.79. The third-order valence-corrected chi connectivity index (χ3v) is 5.51. The van der Waals surface area contributed by atoms with E-state index in [9.17, 15) is 14.7 Å². The van der Waals surface area contributed by atoms with Gasteiger partial charge in [0, 0.05) is 10.0 Å². The number of carbonyl (C=O) groups is 2. The lowest BCUT2D eigenvalue weighted by Gasteiger charge is -2.39. The molecule has 0 radical (unpaired) electrons. The van der Waals surface area contributed by atoms with Gasteiger partial charge in [-0.25, -0.2) is 5.06 Å². The summed E-state index contributed by atoms with van der Waals surface area (Å²) >= 11 is 3.40. The maximum absolute atomic E-state index is 13.3. The van der Waals surface area contributed by atoms with E-state index in [1.165, 1.54) is 5.06 Å². The summed E-state index contributed by atoms with van der Waals surface area (Å²) < 4.78 is 0.868. The number of halogens is 1. The fourth-order valence-corrected chi connectivity index (χ4v) is 3.89. The first-order chi connectivity index (χ1) is 14.1. The van der Waals surface area contributed by atoms with E-state index in [1.807, 2.05) is 54.6 Å². The van der Waals surface area contributed by atoms with Gasteiger partial charge in [0.2, 0.25) is 0 Å². The monoisotopic (exact) mass is 451 g/mol. The van der Waals surface area contributed by atoms with Gasteiger partial charge in [0.05, 0.1) is 0 Å². The van der Waals surface area contributed by atoms with E-state index in [0.717, 1.165) is 10.0 Å². The third-order valence-electron chi connectivity index (χ3n) is 4.99. The van der Waals surface area contributed by atoms with Crippen LogP contribution >= 0.6 is 15.9 Å². The lowest BCUT2D eigenvalue weighted by molar-refractivity contribution is -0.176. The van der Waals surface area contributed by atoms with E-state index < -0.39 is 17.9 Å². The van der Waals surface area contributed by atoms with Gasteiger partial charge in [-0.1, -0.05) is 76.6 Å². The highest BCUT2D eigenvalue weighted by Gasteiger charge is 2.45. The van der Waals surface area contributed by atoms with Crippen molar-refractivity contribution in [2.45, 2.75) is 18.6 Å². The second-order valence-corrected chi connectivity index (χ2v) is 7.71. The van der Waals surface area contributed by atoms with Gasteiger partial charge in [0.1, 0.15) is 18.6 Å². The largest absolute Gasteiger partial charge is 0.481 e. The summed E-state index contributed by atoms with van der Waals surface area (Å²) in [6, 6.07) is 22.8. The zero-order valence-corrected chi connectivity index (χ0v) is 17.0. The number of amides is 1. The molecule has 0 saturated heterocycles. The Kier molecular flexibility index (Phi) is 5.47. The van der Waals surface area contributed by atoms with E-state index in [0.29, 0.717) is 16.7 Å². The second-order valence-electron chi connectivity index (χ2n) is 6.79. The third kappa shape index (κ3) is 3.81. The van der Waals surface area contributed by atoms with Crippen molar-refractivity contribution in [3.05, 3.63) is 106 Å². The molecule has 1 amide bonds. The van der Waals surface area contributed by atoms with Gasteiger partial charge < -0.3 is 5.11 Å². The van der Waals surface area contributed by atoms with Crippen molar-refractivity contribution in [2.75, 3.05) is 0 Å². The Labute approximate surface area is 176 Å². The van der Waals surface area contributed by atoms with Crippen LogP contribution in [0.25, 0.3) is 0 Å². The Morgan fingerprint density at radius 2 is 1.62 bits per heavy atom. The van der Waals surface area contributed by atoms with Gasteiger partial charge in [-0.05, 0) is 34.9 Å². The number of carbonyl (C=O) groups excluding carboxylic acids is 1. The van der Waals surface area contributed by atoms with E-state index in [1.54, 1.807) is 24.3 Å². The van der Waals surface area contributed by atoms with Crippen LogP contribution in [-0.4, -0.2) is 22.0 Å². The number of rotatable bonds is 5. The molecule has 0 spiro atoms. The zero-order valence-electron chi connectivity index (χ0n) is 15.4. The first-order valence-electron chi connectivity index (χ1n) is 9.14. The number of benzene rings is 3. The quantitative estimate of drug-likeness (QED) is 0.595. The summed E-state index contributed by atoms with van der Waals surface area (Å²) in [6.45, 7) is 0.161. The van der Waals surface area contributed by atoms with Gasteiger partial charge in [-0.3, -0.25) is 14.4 Å². The zero-order chi connectivity index (χ0) is 20.4. The molecule has 1 aliphatic heterocycles. The molecule has 0 unspecified atom stereocenters. The SMILES string of the molecule is O=C(O)[C@H]1c2ccccc2C(=O)N(OCc2ccccc2)[C@@H]1c1ccc(Br)cc1. The number of fused-ring (bicyclic) bond motifs is 1. The molecule has 0 saturated carbocycles. The summed E-state index contributed by atoms with van der Waals surface area (Å²) in [6.07, 6.45) is 0. The molecule has 2 atom stereocenters. The maximum Gasteiger partial charge on any atom is 0.313 e. The van der Waals surface area contributed by atoms with Crippen LogP contribution in [0.5, 0.6) is 0 Å². The van der Waals surface area contributed by atoms with Gasteiger partial charge in [0.15, 0.2) is 0 Å². The fraction of sp³-hybridized carbons (Fsp3) is 0.130. The lowest BCUT2D eigenvalue weighted by Crippen LogP contribution is -2.44. The summed E-state index contributed by atoms with van der Waals surface area (Å²) in [4.78, 5) is 31.5. The maximum atomic E-state index is 13.3. The topological polar surface area (TPSA) is 66.8 Å². The van der Waals surface area contributed by atoms with Crippen LogP contribution in [0.15, 0.2) is 83.3 Å². The van der Waals surface area contributed by atoms with Crippen LogP contribution in [0.3, 0.4) is 0 Å². The predicted molar refractivity (Wildman–Crippen MR) is 111 cm³/mol. The molecule has 5 nitrogen and oxygen atoms in total. The van der Waals surface area contributed by atoms with Crippen molar-refractivity contribution in [1.82, 2.24) is 5.06 Å². The van der Waals surface area contributed by atoms with E-state index in [2.05, 4.69) is 15.9 Å². The smallest absolute Gasteiger partial charge is 0.313 e. The van der Waals surface area contributed by atoms with E-state index in [4.69, 9.17) is 4.84 Å². The summed E-state index contributed by atoms with van der Waals surface area (Å²) in [5.74, 6) is -2.30. The number of carboxylic acids is 1. The number of aliphatic carboxylic acids is 1. The molecule has 29 heavy (non-hydrogen) atoms. The minimum absolute atomic E-state index is 0.161. The molecule has 3 aromatic carbocycles. The molecule has 146 valence electrons. The Hall–Kier alpha value is -2.96. The van der Waals surface area contributed by atoms with Crippen molar-refractivity contribution in [1.29, 1.82) is 0 Å². The van der Waals surface area contributed by atoms with Crippen molar-refractivity contribution in [3.8, 4) is 0 Å². The minimum Gasteiger partial charge on any atom is -0.481 e. The van der Waals surface area contributed by atoms with Crippen molar-refractivity contribution in [3.63, 3.8) is 0 Å². The highest BCUT2D eigenvalue weighted by atomic mass is 79.9. The summed E-state index contributed by atoms with van der Waals surface area (Å²) in [5.41, 5.74) is 2.43. The molecule has 4 rings (SSSR count). The molecule has 1 N–H and O–H groups in total.